The Bertz CT molecular complexity index is 1150. The lowest BCUT2D eigenvalue weighted by Gasteiger charge is -2.26. The van der Waals surface area contributed by atoms with E-state index < -0.39 is 15.9 Å². The molecule has 9 heteroatoms. The molecule has 0 unspecified atom stereocenters. The zero-order chi connectivity index (χ0) is 21.1. The third-order valence-electron chi connectivity index (χ3n) is 5.19. The van der Waals surface area contributed by atoms with Gasteiger partial charge in [0.2, 0.25) is 10.0 Å². The molecular weight excluding hydrogens is 402 g/mol. The highest BCUT2D eigenvalue weighted by atomic mass is 32.2. The molecule has 1 aliphatic rings. The van der Waals surface area contributed by atoms with E-state index in [0.717, 1.165) is 19.3 Å². The second-order valence-electron chi connectivity index (χ2n) is 7.16. The Labute approximate surface area is 175 Å². The van der Waals surface area contributed by atoms with E-state index in [1.54, 1.807) is 48.1 Å². The maximum Gasteiger partial charge on any atom is 0.259 e. The third kappa shape index (κ3) is 3.86. The Kier molecular flexibility index (Phi) is 5.65. The number of hydrogen-bond acceptors (Lipinski definition) is 5. The fraction of sp³-hybridized carbons (Fsp3) is 0.286. The molecule has 0 saturated carbocycles. The zero-order valence-corrected chi connectivity index (χ0v) is 17.5. The number of anilines is 1. The Hall–Kier alpha value is -3.04. The number of amides is 1. The van der Waals surface area contributed by atoms with Gasteiger partial charge in [0, 0.05) is 19.3 Å². The van der Waals surface area contributed by atoms with Crippen LogP contribution in [0.3, 0.4) is 0 Å². The number of carbonyl (C=O) groups is 1. The van der Waals surface area contributed by atoms with Crippen LogP contribution in [0.5, 0.6) is 0 Å². The summed E-state index contributed by atoms with van der Waals surface area (Å²) < 4.78 is 29.3. The van der Waals surface area contributed by atoms with Crippen molar-refractivity contribution in [2.45, 2.75) is 31.1 Å². The Morgan fingerprint density at radius 3 is 2.50 bits per heavy atom. The molecule has 1 N–H and O–H groups in total. The molecule has 0 bridgehead atoms. The van der Waals surface area contributed by atoms with Crippen molar-refractivity contribution < 1.29 is 13.2 Å². The van der Waals surface area contributed by atoms with Gasteiger partial charge in [-0.05, 0) is 44.0 Å². The molecule has 1 aliphatic heterocycles. The average molecular weight is 426 g/mol. The summed E-state index contributed by atoms with van der Waals surface area (Å²) in [6.07, 6.45) is 5.84. The van der Waals surface area contributed by atoms with Gasteiger partial charge in [0.1, 0.15) is 4.90 Å². The molecule has 1 saturated heterocycles. The molecule has 1 aromatic carbocycles. The van der Waals surface area contributed by atoms with Gasteiger partial charge >= 0.3 is 0 Å². The van der Waals surface area contributed by atoms with Crippen LogP contribution in [0.15, 0.2) is 59.8 Å². The van der Waals surface area contributed by atoms with Crippen molar-refractivity contribution in [2.75, 3.05) is 18.4 Å². The third-order valence-corrected chi connectivity index (χ3v) is 7.15. The lowest BCUT2D eigenvalue weighted by atomic mass is 10.2. The van der Waals surface area contributed by atoms with Crippen molar-refractivity contribution >= 4 is 21.6 Å². The van der Waals surface area contributed by atoms with Gasteiger partial charge in [-0.25, -0.2) is 18.1 Å². The summed E-state index contributed by atoms with van der Waals surface area (Å²) in [5.74, 6) is 0.179. The lowest BCUT2D eigenvalue weighted by Crippen LogP contribution is -2.36. The van der Waals surface area contributed by atoms with Crippen LogP contribution < -0.4 is 5.32 Å². The molecule has 1 amide bonds. The van der Waals surface area contributed by atoms with Crippen molar-refractivity contribution in [2.24, 2.45) is 0 Å². The van der Waals surface area contributed by atoms with Crippen molar-refractivity contribution in [3.8, 4) is 5.82 Å². The molecule has 0 aliphatic carbocycles. The van der Waals surface area contributed by atoms with Gasteiger partial charge in [-0.1, -0.05) is 24.6 Å². The van der Waals surface area contributed by atoms with Crippen LogP contribution in [0.25, 0.3) is 5.82 Å². The number of piperidine rings is 1. The van der Waals surface area contributed by atoms with Gasteiger partial charge in [0.05, 0.1) is 23.1 Å². The minimum absolute atomic E-state index is 0.107. The maximum absolute atomic E-state index is 13.1. The Morgan fingerprint density at radius 2 is 1.77 bits per heavy atom. The van der Waals surface area contributed by atoms with Crippen molar-refractivity contribution in [1.82, 2.24) is 19.1 Å². The SMILES string of the molecule is Cc1c(C(=O)Nc2ccccc2S(=O)(=O)N2CCCCC2)cnn1-c1ccccn1. The van der Waals surface area contributed by atoms with Crippen LogP contribution in [0, 0.1) is 6.92 Å². The number of benzene rings is 1. The molecule has 156 valence electrons. The summed E-state index contributed by atoms with van der Waals surface area (Å²) in [5, 5.41) is 7.02. The summed E-state index contributed by atoms with van der Waals surface area (Å²) >= 11 is 0. The van der Waals surface area contributed by atoms with Crippen LogP contribution >= 0.6 is 0 Å². The fourth-order valence-electron chi connectivity index (χ4n) is 3.57. The van der Waals surface area contributed by atoms with Gasteiger partial charge < -0.3 is 5.32 Å². The molecule has 0 atom stereocenters. The van der Waals surface area contributed by atoms with E-state index in [4.69, 9.17) is 0 Å². The summed E-state index contributed by atoms with van der Waals surface area (Å²) in [6, 6.07) is 11.9. The van der Waals surface area contributed by atoms with Crippen molar-refractivity contribution in [3.63, 3.8) is 0 Å². The molecule has 3 aromatic rings. The second-order valence-corrected chi connectivity index (χ2v) is 9.06. The van der Waals surface area contributed by atoms with Gasteiger partial charge in [-0.2, -0.15) is 9.40 Å². The topological polar surface area (TPSA) is 97.2 Å². The second kappa shape index (κ2) is 8.37. The lowest BCUT2D eigenvalue weighted by molar-refractivity contribution is 0.102. The number of nitrogens with one attached hydrogen (secondary N) is 1. The van der Waals surface area contributed by atoms with E-state index in [1.807, 2.05) is 6.07 Å². The Morgan fingerprint density at radius 1 is 1.03 bits per heavy atom. The fourth-order valence-corrected chi connectivity index (χ4v) is 5.24. The molecule has 4 rings (SSSR count). The highest BCUT2D eigenvalue weighted by Crippen LogP contribution is 2.27. The number of aromatic nitrogens is 3. The minimum Gasteiger partial charge on any atom is -0.321 e. The van der Waals surface area contributed by atoms with Crippen molar-refractivity contribution in [1.29, 1.82) is 0 Å². The number of pyridine rings is 1. The number of carbonyl (C=O) groups excluding carboxylic acids is 1. The summed E-state index contributed by atoms with van der Waals surface area (Å²) in [4.78, 5) is 17.3. The predicted octanol–water partition coefficient (Wildman–Crippen LogP) is 3.00. The average Bonchev–Trinajstić information content (AvgIpc) is 3.16. The van der Waals surface area contributed by atoms with Crippen LogP contribution in [0.4, 0.5) is 5.69 Å². The Balaban J connectivity index is 1.62. The summed E-state index contributed by atoms with van der Waals surface area (Å²) in [7, 11) is -3.68. The van der Waals surface area contributed by atoms with Crippen LogP contribution in [0.2, 0.25) is 0 Å². The first-order valence-corrected chi connectivity index (χ1v) is 11.3. The standard InChI is InChI=1S/C21H23N5O3S/c1-16-17(15-23-26(16)20-11-5-6-12-22-20)21(27)24-18-9-3-4-10-19(18)30(28,29)25-13-7-2-8-14-25/h3-6,9-12,15H,2,7-8,13-14H2,1H3,(H,24,27). The largest absolute Gasteiger partial charge is 0.321 e. The number of hydrogen-bond donors (Lipinski definition) is 1. The van der Waals surface area contributed by atoms with Crippen LogP contribution in [-0.2, 0) is 10.0 Å². The number of sulfonamides is 1. The number of nitrogens with zero attached hydrogens (tertiary/aromatic N) is 4. The highest BCUT2D eigenvalue weighted by Gasteiger charge is 2.29. The monoisotopic (exact) mass is 425 g/mol. The van der Waals surface area contributed by atoms with E-state index in [-0.39, 0.29) is 10.6 Å². The molecule has 30 heavy (non-hydrogen) atoms. The minimum atomic E-state index is -3.68. The molecular formula is C21H23N5O3S. The molecule has 0 radical (unpaired) electrons. The zero-order valence-electron chi connectivity index (χ0n) is 16.7. The molecule has 2 aromatic heterocycles. The first kappa shape index (κ1) is 20.2. The smallest absolute Gasteiger partial charge is 0.259 e. The van der Waals surface area contributed by atoms with Crippen LogP contribution in [0.1, 0.15) is 35.3 Å². The summed E-state index contributed by atoms with van der Waals surface area (Å²) in [5.41, 5.74) is 1.23. The molecule has 1 fully saturated rings. The molecule has 8 nitrogen and oxygen atoms in total. The normalized spacial score (nSPS) is 15.1. The van der Waals surface area contributed by atoms with Crippen molar-refractivity contribution in [3.05, 3.63) is 66.1 Å². The number of rotatable bonds is 5. The first-order valence-electron chi connectivity index (χ1n) is 9.85. The van der Waals surface area contributed by atoms with Crippen LogP contribution in [-0.4, -0.2) is 46.5 Å². The van der Waals surface area contributed by atoms with Gasteiger partial charge in [0.25, 0.3) is 5.91 Å². The van der Waals surface area contributed by atoms with E-state index in [0.29, 0.717) is 30.2 Å². The highest BCUT2D eigenvalue weighted by molar-refractivity contribution is 7.89. The summed E-state index contributed by atoms with van der Waals surface area (Å²) in [6.45, 7) is 2.77. The molecule has 0 spiro atoms. The van der Waals surface area contributed by atoms with Gasteiger partial charge in [0.15, 0.2) is 5.82 Å². The quantitative estimate of drug-likeness (QED) is 0.678. The maximum atomic E-state index is 13.1. The predicted molar refractivity (Wildman–Crippen MR) is 113 cm³/mol. The molecule has 3 heterocycles. The number of para-hydroxylation sites is 1. The van der Waals surface area contributed by atoms with E-state index in [1.165, 1.54) is 16.6 Å². The van der Waals surface area contributed by atoms with Gasteiger partial charge in [-0.3, -0.25) is 4.79 Å². The van der Waals surface area contributed by atoms with E-state index in [2.05, 4.69) is 15.4 Å². The van der Waals surface area contributed by atoms with Gasteiger partial charge in [-0.15, -0.1) is 0 Å². The first-order chi connectivity index (χ1) is 14.5. The van der Waals surface area contributed by atoms with E-state index in [9.17, 15) is 13.2 Å². The van der Waals surface area contributed by atoms with E-state index >= 15 is 0 Å².